The van der Waals surface area contributed by atoms with Crippen molar-refractivity contribution in [2.75, 3.05) is 46.1 Å². The summed E-state index contributed by atoms with van der Waals surface area (Å²) in [5.74, 6) is 0.532. The van der Waals surface area contributed by atoms with Crippen LogP contribution >= 0.6 is 0 Å². The maximum absolute atomic E-state index is 5.45. The summed E-state index contributed by atoms with van der Waals surface area (Å²) >= 11 is 0. The third-order valence-electron chi connectivity index (χ3n) is 2.75. The van der Waals surface area contributed by atoms with Crippen molar-refractivity contribution >= 4 is 0 Å². The van der Waals surface area contributed by atoms with Crippen LogP contribution in [-0.2, 0) is 14.2 Å². The molecule has 0 aliphatic carbocycles. The van der Waals surface area contributed by atoms with E-state index in [0.29, 0.717) is 5.92 Å². The van der Waals surface area contributed by atoms with E-state index < -0.39 is 0 Å². The molecule has 0 bridgehead atoms. The van der Waals surface area contributed by atoms with Crippen LogP contribution in [0.4, 0.5) is 0 Å². The molecule has 2 aliphatic heterocycles. The minimum atomic E-state index is -0.0176. The Morgan fingerprint density at radius 3 is 2.43 bits per heavy atom. The molecule has 0 unspecified atom stereocenters. The highest BCUT2D eigenvalue weighted by Gasteiger charge is 2.22. The van der Waals surface area contributed by atoms with Crippen LogP contribution in [0.5, 0.6) is 0 Å². The second kappa shape index (κ2) is 5.07. The molecule has 2 aliphatic rings. The molecule has 0 saturated carbocycles. The first-order valence-corrected chi connectivity index (χ1v) is 5.38. The van der Waals surface area contributed by atoms with Crippen LogP contribution in [0.25, 0.3) is 0 Å². The van der Waals surface area contributed by atoms with E-state index >= 15 is 0 Å². The van der Waals surface area contributed by atoms with Gasteiger partial charge in [-0.3, -0.25) is 4.90 Å². The molecule has 0 N–H and O–H groups in total. The van der Waals surface area contributed by atoms with Crippen molar-refractivity contribution in [3.05, 3.63) is 0 Å². The van der Waals surface area contributed by atoms with Gasteiger partial charge in [0.05, 0.1) is 26.4 Å². The molecule has 2 rings (SSSR count). The van der Waals surface area contributed by atoms with Gasteiger partial charge in [-0.05, 0) is 6.92 Å². The Morgan fingerprint density at radius 1 is 1.14 bits per heavy atom. The minimum absolute atomic E-state index is 0.0176. The van der Waals surface area contributed by atoms with Gasteiger partial charge in [-0.1, -0.05) is 0 Å². The zero-order valence-electron chi connectivity index (χ0n) is 8.78. The fourth-order valence-electron chi connectivity index (χ4n) is 1.89. The number of rotatable bonds is 2. The molecule has 82 valence electrons. The Morgan fingerprint density at radius 2 is 1.79 bits per heavy atom. The third-order valence-corrected chi connectivity index (χ3v) is 2.75. The SMILES string of the molecule is CC1OCC(CN2CCOCC2)CO1. The smallest absolute Gasteiger partial charge is 0.154 e. The highest BCUT2D eigenvalue weighted by Crippen LogP contribution is 2.12. The molecule has 0 amide bonds. The highest BCUT2D eigenvalue weighted by atomic mass is 16.7. The number of nitrogens with zero attached hydrogens (tertiary/aromatic N) is 1. The van der Waals surface area contributed by atoms with Crippen molar-refractivity contribution in [3.8, 4) is 0 Å². The molecule has 0 atom stereocenters. The minimum Gasteiger partial charge on any atom is -0.379 e. The van der Waals surface area contributed by atoms with Crippen LogP contribution in [0.3, 0.4) is 0 Å². The fourth-order valence-corrected chi connectivity index (χ4v) is 1.89. The normalized spacial score (nSPS) is 35.8. The number of hydrogen-bond donors (Lipinski definition) is 0. The van der Waals surface area contributed by atoms with Gasteiger partial charge in [0.25, 0.3) is 0 Å². The summed E-state index contributed by atoms with van der Waals surface area (Å²) in [5.41, 5.74) is 0. The Bertz CT molecular complexity index is 163. The van der Waals surface area contributed by atoms with Crippen LogP contribution in [0, 0.1) is 5.92 Å². The van der Waals surface area contributed by atoms with Gasteiger partial charge in [0, 0.05) is 25.6 Å². The van der Waals surface area contributed by atoms with E-state index in [1.807, 2.05) is 6.92 Å². The summed E-state index contributed by atoms with van der Waals surface area (Å²) in [7, 11) is 0. The van der Waals surface area contributed by atoms with Gasteiger partial charge >= 0.3 is 0 Å². The summed E-state index contributed by atoms with van der Waals surface area (Å²) in [6.07, 6.45) is -0.0176. The second-order valence-electron chi connectivity index (χ2n) is 4.01. The van der Waals surface area contributed by atoms with E-state index in [-0.39, 0.29) is 6.29 Å². The molecule has 0 aromatic heterocycles. The van der Waals surface area contributed by atoms with Crippen molar-refractivity contribution in [2.24, 2.45) is 5.92 Å². The van der Waals surface area contributed by atoms with Gasteiger partial charge in [0.2, 0.25) is 0 Å². The van der Waals surface area contributed by atoms with Gasteiger partial charge in [-0.2, -0.15) is 0 Å². The van der Waals surface area contributed by atoms with E-state index in [1.165, 1.54) is 0 Å². The van der Waals surface area contributed by atoms with Crippen LogP contribution in [0.1, 0.15) is 6.92 Å². The summed E-state index contributed by atoms with van der Waals surface area (Å²) in [6.45, 7) is 8.52. The molecule has 0 radical (unpaired) electrons. The lowest BCUT2D eigenvalue weighted by molar-refractivity contribution is -0.193. The first-order valence-electron chi connectivity index (χ1n) is 5.38. The van der Waals surface area contributed by atoms with Crippen LogP contribution in [0.2, 0.25) is 0 Å². The third kappa shape index (κ3) is 2.92. The number of ether oxygens (including phenoxy) is 3. The van der Waals surface area contributed by atoms with E-state index in [4.69, 9.17) is 14.2 Å². The average Bonchev–Trinajstić information content (AvgIpc) is 2.23. The zero-order chi connectivity index (χ0) is 9.80. The van der Waals surface area contributed by atoms with Gasteiger partial charge in [0.1, 0.15) is 0 Å². The van der Waals surface area contributed by atoms with E-state index in [2.05, 4.69) is 4.90 Å². The van der Waals surface area contributed by atoms with Crippen LogP contribution in [-0.4, -0.2) is 57.3 Å². The Kier molecular flexibility index (Phi) is 3.75. The molecule has 4 heteroatoms. The van der Waals surface area contributed by atoms with Crippen molar-refractivity contribution in [3.63, 3.8) is 0 Å². The summed E-state index contributed by atoms with van der Waals surface area (Å²) in [6, 6.07) is 0. The summed E-state index contributed by atoms with van der Waals surface area (Å²) in [5, 5.41) is 0. The summed E-state index contributed by atoms with van der Waals surface area (Å²) < 4.78 is 16.2. The Hall–Kier alpha value is -0.160. The standard InChI is InChI=1S/C10H19NO3/c1-9-13-7-10(8-14-9)6-11-2-4-12-5-3-11/h9-10H,2-8H2,1H3. The maximum atomic E-state index is 5.45. The molecule has 2 fully saturated rings. The lowest BCUT2D eigenvalue weighted by Gasteiger charge is -2.33. The second-order valence-corrected chi connectivity index (χ2v) is 4.01. The Balaban J connectivity index is 1.68. The molecule has 4 nitrogen and oxygen atoms in total. The van der Waals surface area contributed by atoms with Gasteiger partial charge in [0.15, 0.2) is 6.29 Å². The molecule has 0 aromatic carbocycles. The maximum Gasteiger partial charge on any atom is 0.154 e. The fraction of sp³-hybridized carbons (Fsp3) is 1.00. The first-order chi connectivity index (χ1) is 6.84. The average molecular weight is 201 g/mol. The van der Waals surface area contributed by atoms with Gasteiger partial charge < -0.3 is 14.2 Å². The van der Waals surface area contributed by atoms with Crippen LogP contribution in [0.15, 0.2) is 0 Å². The number of morpholine rings is 1. The molecule has 2 saturated heterocycles. The molecule has 14 heavy (non-hydrogen) atoms. The molecule has 2 heterocycles. The molecular weight excluding hydrogens is 182 g/mol. The molecular formula is C10H19NO3. The van der Waals surface area contributed by atoms with Crippen molar-refractivity contribution in [1.29, 1.82) is 0 Å². The predicted octanol–water partition coefficient (Wildman–Crippen LogP) is 0.328. The monoisotopic (exact) mass is 201 g/mol. The largest absolute Gasteiger partial charge is 0.379 e. The topological polar surface area (TPSA) is 30.9 Å². The highest BCUT2D eigenvalue weighted by molar-refractivity contribution is 4.70. The lowest BCUT2D eigenvalue weighted by atomic mass is 10.1. The van der Waals surface area contributed by atoms with Gasteiger partial charge in [-0.25, -0.2) is 0 Å². The zero-order valence-corrected chi connectivity index (χ0v) is 8.78. The van der Waals surface area contributed by atoms with Crippen molar-refractivity contribution in [1.82, 2.24) is 4.90 Å². The van der Waals surface area contributed by atoms with E-state index in [1.54, 1.807) is 0 Å². The van der Waals surface area contributed by atoms with Crippen molar-refractivity contribution < 1.29 is 14.2 Å². The molecule has 0 aromatic rings. The predicted molar refractivity (Wildman–Crippen MR) is 52.1 cm³/mol. The summed E-state index contributed by atoms with van der Waals surface area (Å²) in [4.78, 5) is 2.43. The molecule has 0 spiro atoms. The van der Waals surface area contributed by atoms with Crippen LogP contribution < -0.4 is 0 Å². The van der Waals surface area contributed by atoms with Crippen molar-refractivity contribution in [2.45, 2.75) is 13.2 Å². The van der Waals surface area contributed by atoms with Gasteiger partial charge in [-0.15, -0.1) is 0 Å². The first kappa shape index (κ1) is 10.4. The van der Waals surface area contributed by atoms with E-state index in [0.717, 1.165) is 46.1 Å². The lowest BCUT2D eigenvalue weighted by Crippen LogP contribution is -2.43. The number of hydrogen-bond acceptors (Lipinski definition) is 4. The Labute approximate surface area is 85.1 Å². The van der Waals surface area contributed by atoms with E-state index in [9.17, 15) is 0 Å². The quantitative estimate of drug-likeness (QED) is 0.644.